The van der Waals surface area contributed by atoms with Gasteiger partial charge in [0.05, 0.1) is 6.61 Å². The third kappa shape index (κ3) is 3.04. The highest BCUT2D eigenvalue weighted by Gasteiger charge is 2.32. The lowest BCUT2D eigenvalue weighted by Crippen LogP contribution is -2.24. The molecule has 1 atom stereocenters. The number of ether oxygens (including phenoxy) is 1. The van der Waals surface area contributed by atoms with Gasteiger partial charge in [-0.05, 0) is 24.6 Å². The summed E-state index contributed by atoms with van der Waals surface area (Å²) in [6.07, 6.45) is 1.74. The molecule has 1 saturated heterocycles. The fourth-order valence-corrected chi connectivity index (χ4v) is 2.53. The van der Waals surface area contributed by atoms with Crippen LogP contribution in [0.2, 0.25) is 0 Å². The summed E-state index contributed by atoms with van der Waals surface area (Å²) in [5, 5.41) is 3.82. The van der Waals surface area contributed by atoms with E-state index in [1.807, 2.05) is 36.1 Å². The van der Waals surface area contributed by atoms with Crippen molar-refractivity contribution in [1.82, 2.24) is 15.0 Å². The van der Waals surface area contributed by atoms with Crippen LogP contribution in [0.4, 0.5) is 0 Å². The second-order valence-electron chi connectivity index (χ2n) is 5.04. The Morgan fingerprint density at radius 1 is 1.38 bits per heavy atom. The van der Waals surface area contributed by atoms with Gasteiger partial charge in [0, 0.05) is 25.4 Å². The molecule has 1 aromatic carbocycles. The molecule has 0 spiro atoms. The van der Waals surface area contributed by atoms with Gasteiger partial charge in [0.2, 0.25) is 12.3 Å². The highest BCUT2D eigenvalue weighted by molar-refractivity contribution is 5.79. The number of carbonyl (C=O) groups is 1. The molecule has 6 heteroatoms. The maximum atomic E-state index is 12.1. The Kier molecular flexibility index (Phi) is 3.85. The van der Waals surface area contributed by atoms with E-state index in [0.717, 1.165) is 11.3 Å². The molecule has 3 rings (SSSR count). The summed E-state index contributed by atoms with van der Waals surface area (Å²) in [6, 6.07) is 7.83. The normalized spacial score (nSPS) is 18.2. The zero-order chi connectivity index (χ0) is 14.7. The Balaban J connectivity index is 1.63. The number of hydrogen-bond donors (Lipinski definition) is 0. The van der Waals surface area contributed by atoms with E-state index >= 15 is 0 Å². The van der Waals surface area contributed by atoms with Crippen LogP contribution in [0.15, 0.2) is 35.2 Å². The van der Waals surface area contributed by atoms with Crippen LogP contribution in [0.5, 0.6) is 5.75 Å². The first-order chi connectivity index (χ1) is 10.3. The number of benzene rings is 1. The lowest BCUT2D eigenvalue weighted by Gasteiger charge is -2.16. The maximum Gasteiger partial charge on any atom is 0.223 e. The van der Waals surface area contributed by atoms with E-state index < -0.39 is 0 Å². The summed E-state index contributed by atoms with van der Waals surface area (Å²) in [5.74, 6) is 1.61. The van der Waals surface area contributed by atoms with E-state index in [1.165, 1.54) is 6.39 Å². The molecule has 21 heavy (non-hydrogen) atoms. The number of likely N-dealkylation sites (tertiary alicyclic amines) is 1. The van der Waals surface area contributed by atoms with Crippen LogP contribution in [0.25, 0.3) is 0 Å². The van der Waals surface area contributed by atoms with Gasteiger partial charge in [-0.3, -0.25) is 4.79 Å². The van der Waals surface area contributed by atoms with E-state index in [2.05, 4.69) is 10.1 Å². The topological polar surface area (TPSA) is 68.5 Å². The number of amides is 1. The first-order valence-electron chi connectivity index (χ1n) is 7.02. The van der Waals surface area contributed by atoms with E-state index in [0.29, 0.717) is 31.9 Å². The maximum absolute atomic E-state index is 12.1. The zero-order valence-electron chi connectivity index (χ0n) is 11.9. The van der Waals surface area contributed by atoms with Crippen LogP contribution >= 0.6 is 0 Å². The van der Waals surface area contributed by atoms with Crippen LogP contribution in [-0.2, 0) is 11.3 Å². The van der Waals surface area contributed by atoms with Crippen LogP contribution < -0.4 is 4.74 Å². The number of aromatic nitrogens is 2. The van der Waals surface area contributed by atoms with Gasteiger partial charge in [-0.25, -0.2) is 0 Å². The summed E-state index contributed by atoms with van der Waals surface area (Å²) in [4.78, 5) is 17.9. The van der Waals surface area contributed by atoms with Crippen molar-refractivity contribution in [3.8, 4) is 5.75 Å². The van der Waals surface area contributed by atoms with Crippen LogP contribution in [0, 0.1) is 0 Å². The van der Waals surface area contributed by atoms with Crippen molar-refractivity contribution in [2.24, 2.45) is 0 Å². The van der Waals surface area contributed by atoms with E-state index in [9.17, 15) is 4.79 Å². The largest absolute Gasteiger partial charge is 0.494 e. The molecule has 2 aromatic rings. The molecule has 1 amide bonds. The quantitative estimate of drug-likeness (QED) is 0.841. The van der Waals surface area contributed by atoms with Crippen LogP contribution in [0.3, 0.4) is 0 Å². The Labute approximate surface area is 122 Å². The molecular weight excluding hydrogens is 270 g/mol. The van der Waals surface area contributed by atoms with Crippen molar-refractivity contribution in [3.05, 3.63) is 42.0 Å². The minimum absolute atomic E-state index is 0.0268. The lowest BCUT2D eigenvalue weighted by atomic mass is 10.1. The second kappa shape index (κ2) is 5.95. The van der Waals surface area contributed by atoms with E-state index in [4.69, 9.17) is 9.26 Å². The highest BCUT2D eigenvalue weighted by Crippen LogP contribution is 2.27. The number of rotatable bonds is 5. The van der Waals surface area contributed by atoms with Gasteiger partial charge in [0.25, 0.3) is 0 Å². The van der Waals surface area contributed by atoms with Crippen molar-refractivity contribution in [2.45, 2.75) is 25.8 Å². The Morgan fingerprint density at radius 2 is 2.19 bits per heavy atom. The Hall–Kier alpha value is -2.37. The van der Waals surface area contributed by atoms with Crippen molar-refractivity contribution in [3.63, 3.8) is 0 Å². The molecule has 0 N–H and O–H groups in total. The number of hydrogen-bond acceptors (Lipinski definition) is 5. The fourth-order valence-electron chi connectivity index (χ4n) is 2.53. The molecule has 1 fully saturated rings. The number of carbonyl (C=O) groups excluding carboxylic acids is 1. The zero-order valence-corrected chi connectivity index (χ0v) is 11.9. The van der Waals surface area contributed by atoms with E-state index in [1.54, 1.807) is 0 Å². The lowest BCUT2D eigenvalue weighted by molar-refractivity contribution is -0.128. The van der Waals surface area contributed by atoms with Crippen molar-refractivity contribution in [2.75, 3.05) is 13.2 Å². The van der Waals surface area contributed by atoms with Gasteiger partial charge in [0.1, 0.15) is 5.75 Å². The minimum Gasteiger partial charge on any atom is -0.494 e. The standard InChI is InChI=1S/C15H17N3O3/c1-2-20-13-5-3-11(4-6-13)8-18-9-12(7-14(18)19)15-16-10-21-17-15/h3-6,10,12H,2,7-9H2,1H3. The summed E-state index contributed by atoms with van der Waals surface area (Å²) >= 11 is 0. The smallest absolute Gasteiger partial charge is 0.223 e. The Morgan fingerprint density at radius 3 is 2.86 bits per heavy atom. The average Bonchev–Trinajstić information content (AvgIpc) is 3.12. The molecule has 1 unspecified atom stereocenters. The molecule has 2 heterocycles. The van der Waals surface area contributed by atoms with Crippen LogP contribution in [-0.4, -0.2) is 34.1 Å². The molecule has 0 saturated carbocycles. The molecule has 0 bridgehead atoms. The van der Waals surface area contributed by atoms with Gasteiger partial charge in [0.15, 0.2) is 5.82 Å². The van der Waals surface area contributed by atoms with Crippen molar-refractivity contribution >= 4 is 5.91 Å². The molecular formula is C15H17N3O3. The molecule has 0 aliphatic carbocycles. The Bertz CT molecular complexity index is 595. The second-order valence-corrected chi connectivity index (χ2v) is 5.04. The molecule has 0 radical (unpaired) electrons. The van der Waals surface area contributed by atoms with Crippen LogP contribution in [0.1, 0.15) is 30.7 Å². The summed E-state index contributed by atoms with van der Waals surface area (Å²) in [7, 11) is 0. The van der Waals surface area contributed by atoms with Gasteiger partial charge in [-0.15, -0.1) is 0 Å². The summed E-state index contributed by atoms with van der Waals surface area (Å²) in [6.45, 7) is 3.83. The van der Waals surface area contributed by atoms with Crippen molar-refractivity contribution < 1.29 is 14.1 Å². The first-order valence-corrected chi connectivity index (χ1v) is 7.02. The molecule has 1 aliphatic rings. The number of nitrogens with zero attached hydrogens (tertiary/aromatic N) is 3. The molecule has 110 valence electrons. The minimum atomic E-state index is 0.0268. The van der Waals surface area contributed by atoms with Gasteiger partial charge in [-0.1, -0.05) is 17.3 Å². The predicted octanol–water partition coefficient (Wildman–Crippen LogP) is 1.98. The first kappa shape index (κ1) is 13.6. The van der Waals surface area contributed by atoms with Crippen molar-refractivity contribution in [1.29, 1.82) is 0 Å². The third-order valence-electron chi connectivity index (χ3n) is 3.57. The van der Waals surface area contributed by atoms with Gasteiger partial charge >= 0.3 is 0 Å². The molecule has 1 aromatic heterocycles. The monoisotopic (exact) mass is 287 g/mol. The highest BCUT2D eigenvalue weighted by atomic mass is 16.5. The average molecular weight is 287 g/mol. The molecule has 6 nitrogen and oxygen atoms in total. The summed E-state index contributed by atoms with van der Waals surface area (Å²) in [5.41, 5.74) is 1.08. The van der Waals surface area contributed by atoms with Gasteiger partial charge < -0.3 is 14.2 Å². The van der Waals surface area contributed by atoms with E-state index in [-0.39, 0.29) is 11.8 Å². The predicted molar refractivity (Wildman–Crippen MR) is 74.7 cm³/mol. The third-order valence-corrected chi connectivity index (χ3v) is 3.57. The van der Waals surface area contributed by atoms with Gasteiger partial charge in [-0.2, -0.15) is 4.98 Å². The fraction of sp³-hybridized carbons (Fsp3) is 0.400. The summed E-state index contributed by atoms with van der Waals surface area (Å²) < 4.78 is 10.2. The molecule has 1 aliphatic heterocycles. The SMILES string of the molecule is CCOc1ccc(CN2CC(c3ncon3)CC2=O)cc1.